The average molecular weight is 370 g/mol. The second kappa shape index (κ2) is 9.71. The molecule has 0 saturated carbocycles. The number of nitrogens with zero attached hydrogens (tertiary/aromatic N) is 2. The molecule has 0 aliphatic heterocycles. The van der Waals surface area contributed by atoms with Crippen molar-refractivity contribution in [1.29, 1.82) is 0 Å². The first-order valence-corrected chi connectivity index (χ1v) is 8.96. The predicted molar refractivity (Wildman–Crippen MR) is 112 cm³/mol. The Morgan fingerprint density at radius 1 is 1.07 bits per heavy atom. The molecule has 0 atom stereocenters. The van der Waals surface area contributed by atoms with Crippen molar-refractivity contribution >= 4 is 11.6 Å². The van der Waals surface area contributed by atoms with Crippen molar-refractivity contribution < 1.29 is 9.47 Å². The van der Waals surface area contributed by atoms with E-state index in [0.29, 0.717) is 19.0 Å². The summed E-state index contributed by atoms with van der Waals surface area (Å²) in [5, 5.41) is 3.16. The summed E-state index contributed by atoms with van der Waals surface area (Å²) in [6, 6.07) is 12.3. The zero-order valence-corrected chi connectivity index (χ0v) is 16.9. The highest BCUT2D eigenvalue weighted by atomic mass is 16.5. The molecule has 0 radical (unpaired) electrons. The number of benzene rings is 2. The van der Waals surface area contributed by atoms with E-state index in [4.69, 9.17) is 15.2 Å². The monoisotopic (exact) mass is 370 g/mol. The van der Waals surface area contributed by atoms with Crippen molar-refractivity contribution in [2.24, 2.45) is 10.7 Å². The van der Waals surface area contributed by atoms with Crippen LogP contribution in [0.3, 0.4) is 0 Å². The number of methoxy groups -OCH3 is 2. The Morgan fingerprint density at radius 2 is 1.81 bits per heavy atom. The molecule has 0 fully saturated rings. The SMILES string of the molecule is COc1ccc(CCNC(N)=NCc2ccc(N(C)C)cc2C)cc1OC. The van der Waals surface area contributed by atoms with Gasteiger partial charge in [0.1, 0.15) is 0 Å². The number of hydrogen-bond acceptors (Lipinski definition) is 4. The Hall–Kier alpha value is -2.89. The smallest absolute Gasteiger partial charge is 0.188 e. The first kappa shape index (κ1) is 20.4. The molecular formula is C21H30N4O2. The minimum absolute atomic E-state index is 0.451. The van der Waals surface area contributed by atoms with Crippen LogP contribution in [-0.4, -0.2) is 40.8 Å². The van der Waals surface area contributed by atoms with E-state index in [9.17, 15) is 0 Å². The number of anilines is 1. The maximum Gasteiger partial charge on any atom is 0.188 e. The van der Waals surface area contributed by atoms with E-state index in [-0.39, 0.29) is 0 Å². The predicted octanol–water partition coefficient (Wildman–Crippen LogP) is 2.73. The standard InChI is InChI=1S/C21H30N4O2/c1-15-12-18(25(2)3)8-7-17(15)14-24-21(22)23-11-10-16-6-9-19(26-4)20(13-16)27-5/h6-9,12-13H,10-11,14H2,1-5H3,(H3,22,23,24). The molecule has 0 bridgehead atoms. The van der Waals surface area contributed by atoms with Gasteiger partial charge in [0.05, 0.1) is 20.8 Å². The minimum atomic E-state index is 0.451. The van der Waals surface area contributed by atoms with Crippen LogP contribution in [0.5, 0.6) is 11.5 Å². The van der Waals surface area contributed by atoms with E-state index in [1.807, 2.05) is 32.3 Å². The Kier molecular flexibility index (Phi) is 7.34. The Morgan fingerprint density at radius 3 is 2.44 bits per heavy atom. The van der Waals surface area contributed by atoms with Crippen LogP contribution in [0.1, 0.15) is 16.7 Å². The highest BCUT2D eigenvalue weighted by Gasteiger charge is 2.05. The highest BCUT2D eigenvalue weighted by molar-refractivity contribution is 5.77. The van der Waals surface area contributed by atoms with Crippen LogP contribution in [0.25, 0.3) is 0 Å². The fraction of sp³-hybridized carbons (Fsp3) is 0.381. The summed E-state index contributed by atoms with van der Waals surface area (Å²) in [5.41, 5.74) is 10.7. The lowest BCUT2D eigenvalue weighted by Gasteiger charge is -2.14. The van der Waals surface area contributed by atoms with E-state index in [1.54, 1.807) is 14.2 Å². The second-order valence-electron chi connectivity index (χ2n) is 6.57. The third-order valence-corrected chi connectivity index (χ3v) is 4.43. The van der Waals surface area contributed by atoms with Gasteiger partial charge in [-0.25, -0.2) is 4.99 Å². The van der Waals surface area contributed by atoms with Gasteiger partial charge in [-0.3, -0.25) is 0 Å². The number of rotatable bonds is 8. The third kappa shape index (κ3) is 5.81. The van der Waals surface area contributed by atoms with Crippen LogP contribution in [0, 0.1) is 6.92 Å². The zero-order valence-electron chi connectivity index (χ0n) is 16.9. The maximum atomic E-state index is 6.00. The molecule has 6 heteroatoms. The van der Waals surface area contributed by atoms with E-state index < -0.39 is 0 Å². The van der Waals surface area contributed by atoms with Gasteiger partial charge in [0.2, 0.25) is 0 Å². The summed E-state index contributed by atoms with van der Waals surface area (Å²) in [7, 11) is 7.34. The highest BCUT2D eigenvalue weighted by Crippen LogP contribution is 2.27. The molecule has 0 saturated heterocycles. The minimum Gasteiger partial charge on any atom is -0.493 e. The molecule has 2 aromatic carbocycles. The Balaban J connectivity index is 1.88. The van der Waals surface area contributed by atoms with E-state index in [2.05, 4.69) is 40.3 Å². The van der Waals surface area contributed by atoms with Gasteiger partial charge < -0.3 is 25.4 Å². The molecular weight excluding hydrogens is 340 g/mol. The molecule has 2 aromatic rings. The fourth-order valence-electron chi connectivity index (χ4n) is 2.73. The van der Waals surface area contributed by atoms with Gasteiger partial charge >= 0.3 is 0 Å². The van der Waals surface area contributed by atoms with Gasteiger partial charge in [-0.15, -0.1) is 0 Å². The van der Waals surface area contributed by atoms with Gasteiger partial charge in [-0.05, 0) is 54.3 Å². The summed E-state index contributed by atoms with van der Waals surface area (Å²) >= 11 is 0. The second-order valence-corrected chi connectivity index (χ2v) is 6.57. The van der Waals surface area contributed by atoms with Crippen molar-refractivity contribution in [3.05, 3.63) is 53.1 Å². The molecule has 0 unspecified atom stereocenters. The van der Waals surface area contributed by atoms with Crippen LogP contribution >= 0.6 is 0 Å². The molecule has 0 spiro atoms. The molecule has 0 aliphatic carbocycles. The number of nitrogens with two attached hydrogens (primary N) is 1. The Bertz CT molecular complexity index is 788. The number of ether oxygens (including phenoxy) is 2. The van der Waals surface area contributed by atoms with E-state index >= 15 is 0 Å². The summed E-state index contributed by atoms with van der Waals surface area (Å²) in [5.74, 6) is 1.91. The normalized spacial score (nSPS) is 11.2. The van der Waals surface area contributed by atoms with Gasteiger partial charge in [0.15, 0.2) is 17.5 Å². The van der Waals surface area contributed by atoms with Crippen molar-refractivity contribution in [3.8, 4) is 11.5 Å². The van der Waals surface area contributed by atoms with Crippen molar-refractivity contribution in [2.75, 3.05) is 39.8 Å². The number of aliphatic imine (C=N–C) groups is 1. The summed E-state index contributed by atoms with van der Waals surface area (Å²) in [6.07, 6.45) is 0.813. The van der Waals surface area contributed by atoms with Crippen molar-refractivity contribution in [3.63, 3.8) is 0 Å². The number of guanidine groups is 1. The van der Waals surface area contributed by atoms with Gasteiger partial charge in [-0.2, -0.15) is 0 Å². The van der Waals surface area contributed by atoms with E-state index in [1.165, 1.54) is 16.8 Å². The summed E-state index contributed by atoms with van der Waals surface area (Å²) < 4.78 is 10.6. The van der Waals surface area contributed by atoms with Crippen LogP contribution < -0.4 is 25.4 Å². The van der Waals surface area contributed by atoms with Crippen LogP contribution in [-0.2, 0) is 13.0 Å². The fourth-order valence-corrected chi connectivity index (χ4v) is 2.73. The van der Waals surface area contributed by atoms with Gasteiger partial charge in [0, 0.05) is 26.3 Å². The third-order valence-electron chi connectivity index (χ3n) is 4.43. The molecule has 27 heavy (non-hydrogen) atoms. The molecule has 0 aromatic heterocycles. The Labute approximate surface area is 162 Å². The van der Waals surface area contributed by atoms with Crippen LogP contribution in [0.2, 0.25) is 0 Å². The zero-order chi connectivity index (χ0) is 19.8. The van der Waals surface area contributed by atoms with Crippen LogP contribution in [0.15, 0.2) is 41.4 Å². The number of aryl methyl sites for hydroxylation is 1. The summed E-state index contributed by atoms with van der Waals surface area (Å²) in [6.45, 7) is 3.36. The molecule has 0 amide bonds. The molecule has 6 nitrogen and oxygen atoms in total. The molecule has 146 valence electrons. The topological polar surface area (TPSA) is 72.1 Å². The molecule has 2 rings (SSSR count). The van der Waals surface area contributed by atoms with Crippen molar-refractivity contribution in [1.82, 2.24) is 5.32 Å². The summed E-state index contributed by atoms with van der Waals surface area (Å²) in [4.78, 5) is 6.53. The molecule has 3 N–H and O–H groups in total. The lowest BCUT2D eigenvalue weighted by atomic mass is 10.1. The number of hydrogen-bond donors (Lipinski definition) is 2. The maximum absolute atomic E-state index is 6.00. The van der Waals surface area contributed by atoms with E-state index in [0.717, 1.165) is 23.5 Å². The molecule has 0 heterocycles. The van der Waals surface area contributed by atoms with Crippen LogP contribution in [0.4, 0.5) is 5.69 Å². The largest absolute Gasteiger partial charge is 0.493 e. The lowest BCUT2D eigenvalue weighted by molar-refractivity contribution is 0.354. The number of nitrogens with one attached hydrogen (secondary N) is 1. The quantitative estimate of drug-likeness (QED) is 0.552. The average Bonchev–Trinajstić information content (AvgIpc) is 2.66. The molecule has 0 aliphatic rings. The van der Waals surface area contributed by atoms with Crippen molar-refractivity contribution in [2.45, 2.75) is 19.9 Å². The first-order valence-electron chi connectivity index (χ1n) is 8.96. The van der Waals surface area contributed by atoms with Gasteiger partial charge in [-0.1, -0.05) is 12.1 Å². The first-order chi connectivity index (χ1) is 12.9. The van der Waals surface area contributed by atoms with Gasteiger partial charge in [0.25, 0.3) is 0 Å². The lowest BCUT2D eigenvalue weighted by Crippen LogP contribution is -2.33.